The molecule has 0 unspecified atom stereocenters. The van der Waals surface area contributed by atoms with E-state index >= 15 is 0 Å². The molecular formula is C26H44O5. The van der Waals surface area contributed by atoms with E-state index in [0.717, 1.165) is 50.4 Å². The van der Waals surface area contributed by atoms with Gasteiger partial charge in [0.2, 0.25) is 0 Å². The molecule has 5 nitrogen and oxygen atoms in total. The molecule has 0 spiro atoms. The molecule has 1 aromatic carbocycles. The SMILES string of the molecule is CC(C)CCCCCCOC(=O)c1ccccc1C(=O)OCCCCCCC(C)C.O. The number of ether oxygens (including phenoxy) is 2. The van der Waals surface area contributed by atoms with E-state index in [1.165, 1.54) is 25.7 Å². The Balaban J connectivity index is 0.00000900. The molecule has 5 heteroatoms. The van der Waals surface area contributed by atoms with E-state index in [0.29, 0.717) is 24.3 Å². The first-order chi connectivity index (χ1) is 14.4. The first-order valence-electron chi connectivity index (χ1n) is 11.8. The van der Waals surface area contributed by atoms with Crippen molar-refractivity contribution >= 4 is 11.9 Å². The molecule has 0 aliphatic rings. The number of hydrogen-bond acceptors (Lipinski definition) is 4. The van der Waals surface area contributed by atoms with Crippen LogP contribution in [0.25, 0.3) is 0 Å². The van der Waals surface area contributed by atoms with Crippen LogP contribution >= 0.6 is 0 Å². The fraction of sp³-hybridized carbons (Fsp3) is 0.692. The molecule has 0 atom stereocenters. The molecule has 0 bridgehead atoms. The van der Waals surface area contributed by atoms with Gasteiger partial charge in [0.05, 0.1) is 24.3 Å². The lowest BCUT2D eigenvalue weighted by Crippen LogP contribution is -2.15. The Morgan fingerprint density at radius 2 is 1.00 bits per heavy atom. The zero-order valence-electron chi connectivity index (χ0n) is 20.1. The van der Waals surface area contributed by atoms with Gasteiger partial charge in [-0.15, -0.1) is 0 Å². The number of carbonyl (C=O) groups is 2. The van der Waals surface area contributed by atoms with Crippen LogP contribution < -0.4 is 0 Å². The van der Waals surface area contributed by atoms with E-state index in [4.69, 9.17) is 9.47 Å². The lowest BCUT2D eigenvalue weighted by Gasteiger charge is -2.10. The molecule has 1 aromatic rings. The second-order valence-electron chi connectivity index (χ2n) is 9.01. The van der Waals surface area contributed by atoms with E-state index in [-0.39, 0.29) is 5.48 Å². The van der Waals surface area contributed by atoms with Crippen LogP contribution in [0.5, 0.6) is 0 Å². The van der Waals surface area contributed by atoms with E-state index in [1.807, 2.05) is 0 Å². The van der Waals surface area contributed by atoms with Gasteiger partial charge in [-0.2, -0.15) is 0 Å². The van der Waals surface area contributed by atoms with Crippen molar-refractivity contribution in [2.45, 2.75) is 91.9 Å². The van der Waals surface area contributed by atoms with E-state index < -0.39 is 11.9 Å². The molecule has 2 N–H and O–H groups in total. The fourth-order valence-electron chi connectivity index (χ4n) is 3.34. The van der Waals surface area contributed by atoms with Crippen LogP contribution in [0.2, 0.25) is 0 Å². The van der Waals surface area contributed by atoms with Crippen LogP contribution in [0.4, 0.5) is 0 Å². The highest BCUT2D eigenvalue weighted by Gasteiger charge is 2.18. The minimum atomic E-state index is -0.446. The molecule has 0 aromatic heterocycles. The number of carbonyl (C=O) groups excluding carboxylic acids is 2. The minimum absolute atomic E-state index is 0. The summed E-state index contributed by atoms with van der Waals surface area (Å²) in [6, 6.07) is 6.75. The quantitative estimate of drug-likeness (QED) is 0.222. The average Bonchev–Trinajstić information content (AvgIpc) is 2.71. The monoisotopic (exact) mass is 436 g/mol. The second kappa shape index (κ2) is 17.8. The standard InChI is InChI=1S/C26H42O4.H2O/c1-21(2)15-9-5-7-13-19-29-25(27)23-17-11-12-18-24(23)26(28)30-20-14-8-6-10-16-22(3)4;/h11-12,17-18,21-22H,5-10,13-16,19-20H2,1-4H3;1H2. The summed E-state index contributed by atoms with van der Waals surface area (Å²) in [5.74, 6) is 0.588. The van der Waals surface area contributed by atoms with Crippen LogP contribution in [0.3, 0.4) is 0 Å². The summed E-state index contributed by atoms with van der Waals surface area (Å²) in [7, 11) is 0. The fourth-order valence-corrected chi connectivity index (χ4v) is 3.34. The summed E-state index contributed by atoms with van der Waals surface area (Å²) in [5.41, 5.74) is 0.582. The lowest BCUT2D eigenvalue weighted by molar-refractivity contribution is 0.0450. The maximum atomic E-state index is 12.4. The highest BCUT2D eigenvalue weighted by Crippen LogP contribution is 2.14. The summed E-state index contributed by atoms with van der Waals surface area (Å²) in [4.78, 5) is 24.8. The highest BCUT2D eigenvalue weighted by molar-refractivity contribution is 6.03. The number of benzene rings is 1. The lowest BCUT2D eigenvalue weighted by atomic mass is 10.0. The molecule has 0 heterocycles. The van der Waals surface area contributed by atoms with Gasteiger partial charge < -0.3 is 14.9 Å². The van der Waals surface area contributed by atoms with Gasteiger partial charge in [0.1, 0.15) is 0 Å². The Morgan fingerprint density at radius 3 is 1.35 bits per heavy atom. The van der Waals surface area contributed by atoms with Gasteiger partial charge in [-0.3, -0.25) is 0 Å². The summed E-state index contributed by atoms with van der Waals surface area (Å²) >= 11 is 0. The van der Waals surface area contributed by atoms with E-state index in [2.05, 4.69) is 27.7 Å². The van der Waals surface area contributed by atoms with Crippen LogP contribution in [0.15, 0.2) is 24.3 Å². The van der Waals surface area contributed by atoms with Gasteiger partial charge >= 0.3 is 11.9 Å². The molecule has 0 saturated carbocycles. The molecule has 0 aliphatic heterocycles. The van der Waals surface area contributed by atoms with Gasteiger partial charge in [0, 0.05) is 0 Å². The molecule has 0 radical (unpaired) electrons. The van der Waals surface area contributed by atoms with Gasteiger partial charge in [-0.25, -0.2) is 9.59 Å². The van der Waals surface area contributed by atoms with Crippen LogP contribution in [0, 0.1) is 11.8 Å². The molecule has 0 aliphatic carbocycles. The highest BCUT2D eigenvalue weighted by atomic mass is 16.5. The third-order valence-corrected chi connectivity index (χ3v) is 5.18. The van der Waals surface area contributed by atoms with Gasteiger partial charge in [-0.1, -0.05) is 91.2 Å². The first-order valence-corrected chi connectivity index (χ1v) is 11.8. The summed E-state index contributed by atoms with van der Waals surface area (Å²) in [5, 5.41) is 0. The Kier molecular flexibility index (Phi) is 16.7. The van der Waals surface area contributed by atoms with Gasteiger partial charge in [0.15, 0.2) is 0 Å². The van der Waals surface area contributed by atoms with Crippen molar-refractivity contribution < 1.29 is 24.5 Å². The minimum Gasteiger partial charge on any atom is -0.462 e. The number of esters is 2. The Morgan fingerprint density at radius 1 is 0.645 bits per heavy atom. The van der Waals surface area contributed by atoms with Crippen LogP contribution in [-0.4, -0.2) is 30.6 Å². The smallest absolute Gasteiger partial charge is 0.339 e. The maximum absolute atomic E-state index is 12.4. The van der Waals surface area contributed by atoms with E-state index in [1.54, 1.807) is 24.3 Å². The van der Waals surface area contributed by atoms with Crippen molar-refractivity contribution in [3.05, 3.63) is 35.4 Å². The van der Waals surface area contributed by atoms with Crippen molar-refractivity contribution in [2.24, 2.45) is 11.8 Å². The molecule has 0 saturated heterocycles. The molecule has 0 fully saturated rings. The Bertz CT molecular complexity index is 557. The summed E-state index contributed by atoms with van der Waals surface area (Å²) in [6.45, 7) is 9.72. The van der Waals surface area contributed by atoms with Crippen molar-refractivity contribution in [1.82, 2.24) is 0 Å². The van der Waals surface area contributed by atoms with Crippen molar-refractivity contribution in [3.63, 3.8) is 0 Å². The van der Waals surface area contributed by atoms with Gasteiger partial charge in [-0.05, 0) is 36.8 Å². The molecule has 31 heavy (non-hydrogen) atoms. The largest absolute Gasteiger partial charge is 0.462 e. The molecule has 0 amide bonds. The van der Waals surface area contributed by atoms with Gasteiger partial charge in [0.25, 0.3) is 0 Å². The normalized spacial score (nSPS) is 10.8. The molecule has 178 valence electrons. The van der Waals surface area contributed by atoms with Crippen molar-refractivity contribution in [2.75, 3.05) is 13.2 Å². The Hall–Kier alpha value is -1.88. The number of unbranched alkanes of at least 4 members (excludes halogenated alkanes) is 6. The first kappa shape index (κ1) is 29.1. The average molecular weight is 437 g/mol. The maximum Gasteiger partial charge on any atom is 0.339 e. The zero-order valence-corrected chi connectivity index (χ0v) is 20.1. The Labute approximate surface area is 189 Å². The number of hydrogen-bond donors (Lipinski definition) is 0. The van der Waals surface area contributed by atoms with Crippen LogP contribution in [0.1, 0.15) is 113 Å². The summed E-state index contributed by atoms with van der Waals surface area (Å²) in [6.07, 6.45) is 11.1. The topological polar surface area (TPSA) is 84.1 Å². The van der Waals surface area contributed by atoms with Crippen molar-refractivity contribution in [1.29, 1.82) is 0 Å². The van der Waals surface area contributed by atoms with Crippen LogP contribution in [-0.2, 0) is 9.47 Å². The predicted octanol–water partition coefficient (Wildman–Crippen LogP) is 6.39. The number of rotatable bonds is 16. The third-order valence-electron chi connectivity index (χ3n) is 5.18. The summed E-state index contributed by atoms with van der Waals surface area (Å²) < 4.78 is 10.8. The van der Waals surface area contributed by atoms with Crippen molar-refractivity contribution in [3.8, 4) is 0 Å². The zero-order chi connectivity index (χ0) is 22.2. The molecular weight excluding hydrogens is 392 g/mol. The predicted molar refractivity (Wildman–Crippen MR) is 126 cm³/mol. The third kappa shape index (κ3) is 13.9. The second-order valence-corrected chi connectivity index (χ2v) is 9.01. The molecule has 1 rings (SSSR count). The van der Waals surface area contributed by atoms with E-state index in [9.17, 15) is 9.59 Å².